The Labute approximate surface area is 123 Å². The van der Waals surface area contributed by atoms with Gasteiger partial charge in [-0.1, -0.05) is 12.7 Å². The van der Waals surface area contributed by atoms with Gasteiger partial charge in [0.2, 0.25) is 5.88 Å². The van der Waals surface area contributed by atoms with Gasteiger partial charge < -0.3 is 9.30 Å². The van der Waals surface area contributed by atoms with Crippen molar-refractivity contribution in [3.05, 3.63) is 54.3 Å². The van der Waals surface area contributed by atoms with Crippen LogP contribution in [0.3, 0.4) is 0 Å². The lowest BCUT2D eigenvalue weighted by atomic mass is 10.1. The van der Waals surface area contributed by atoms with Crippen LogP contribution in [-0.2, 0) is 6.54 Å². The van der Waals surface area contributed by atoms with Crippen LogP contribution in [0.4, 0.5) is 0 Å². The summed E-state index contributed by atoms with van der Waals surface area (Å²) in [5.74, 6) is 1.30. The van der Waals surface area contributed by atoms with Crippen molar-refractivity contribution in [2.75, 3.05) is 7.11 Å². The summed E-state index contributed by atoms with van der Waals surface area (Å²) in [6.07, 6.45) is 6.98. The standard InChI is InChI=1S/C16H16N4O/c1-4-20-14(9-17)11-18-15(20)7-5-12(2)13-6-8-16(21-3)19-10-13/h5-8,10-11H,2,4H2,1,3H3/b7-5-. The molecule has 106 valence electrons. The zero-order chi connectivity index (χ0) is 15.2. The van der Waals surface area contributed by atoms with E-state index in [4.69, 9.17) is 10.00 Å². The minimum Gasteiger partial charge on any atom is -0.481 e. The number of nitriles is 1. The first-order valence-electron chi connectivity index (χ1n) is 6.52. The van der Waals surface area contributed by atoms with E-state index >= 15 is 0 Å². The number of methoxy groups -OCH3 is 1. The topological polar surface area (TPSA) is 63.7 Å². The first-order chi connectivity index (χ1) is 10.2. The van der Waals surface area contributed by atoms with Gasteiger partial charge >= 0.3 is 0 Å². The van der Waals surface area contributed by atoms with Crippen LogP contribution in [0, 0.1) is 11.3 Å². The fourth-order valence-electron chi connectivity index (χ4n) is 1.91. The Balaban J connectivity index is 2.18. The smallest absolute Gasteiger partial charge is 0.212 e. The predicted octanol–water partition coefficient (Wildman–Crippen LogP) is 2.90. The number of aromatic nitrogens is 3. The summed E-state index contributed by atoms with van der Waals surface area (Å²) in [6, 6.07) is 5.80. The van der Waals surface area contributed by atoms with Gasteiger partial charge in [-0.25, -0.2) is 9.97 Å². The number of nitrogens with zero attached hydrogens (tertiary/aromatic N) is 4. The summed E-state index contributed by atoms with van der Waals surface area (Å²) in [5, 5.41) is 9.00. The largest absolute Gasteiger partial charge is 0.481 e. The zero-order valence-electron chi connectivity index (χ0n) is 12.1. The van der Waals surface area contributed by atoms with Gasteiger partial charge in [-0.15, -0.1) is 0 Å². The maximum atomic E-state index is 9.00. The van der Waals surface area contributed by atoms with Crippen LogP contribution in [0.15, 0.2) is 37.2 Å². The van der Waals surface area contributed by atoms with Gasteiger partial charge in [-0.3, -0.25) is 0 Å². The molecule has 0 N–H and O–H groups in total. The van der Waals surface area contributed by atoms with Crippen molar-refractivity contribution >= 4 is 11.6 Å². The van der Waals surface area contributed by atoms with Gasteiger partial charge in [0.05, 0.1) is 13.3 Å². The second kappa shape index (κ2) is 6.53. The summed E-state index contributed by atoms with van der Waals surface area (Å²) in [7, 11) is 1.58. The Morgan fingerprint density at radius 3 is 2.81 bits per heavy atom. The van der Waals surface area contributed by atoms with Crippen molar-refractivity contribution in [3.8, 4) is 11.9 Å². The van der Waals surface area contributed by atoms with Gasteiger partial charge in [0.25, 0.3) is 0 Å². The summed E-state index contributed by atoms with van der Waals surface area (Å²) in [4.78, 5) is 8.37. The highest BCUT2D eigenvalue weighted by Crippen LogP contribution is 2.17. The van der Waals surface area contributed by atoms with E-state index in [0.717, 1.165) is 17.0 Å². The van der Waals surface area contributed by atoms with Gasteiger partial charge in [-0.05, 0) is 30.2 Å². The molecular weight excluding hydrogens is 264 g/mol. The lowest BCUT2D eigenvalue weighted by Crippen LogP contribution is -1.99. The number of ether oxygens (including phenoxy) is 1. The van der Waals surface area contributed by atoms with Crippen LogP contribution in [0.25, 0.3) is 11.6 Å². The van der Waals surface area contributed by atoms with E-state index in [9.17, 15) is 0 Å². The van der Waals surface area contributed by atoms with Crippen LogP contribution in [0.2, 0.25) is 0 Å². The predicted molar refractivity (Wildman–Crippen MR) is 81.5 cm³/mol. The van der Waals surface area contributed by atoms with E-state index in [1.54, 1.807) is 25.6 Å². The van der Waals surface area contributed by atoms with Crippen molar-refractivity contribution in [3.63, 3.8) is 0 Å². The van der Waals surface area contributed by atoms with Gasteiger partial charge in [0.1, 0.15) is 17.6 Å². The third kappa shape index (κ3) is 3.18. The first kappa shape index (κ1) is 14.5. The molecule has 21 heavy (non-hydrogen) atoms. The number of hydrogen-bond donors (Lipinski definition) is 0. The Morgan fingerprint density at radius 1 is 1.43 bits per heavy atom. The normalized spacial score (nSPS) is 10.5. The highest BCUT2D eigenvalue weighted by Gasteiger charge is 2.05. The Bertz CT molecular complexity index is 705. The van der Waals surface area contributed by atoms with Crippen LogP contribution in [-0.4, -0.2) is 21.6 Å². The number of pyridine rings is 1. The molecule has 2 aromatic rings. The second-order valence-corrected chi connectivity index (χ2v) is 4.31. The van der Waals surface area contributed by atoms with Crippen LogP contribution in [0.1, 0.15) is 24.0 Å². The molecular formula is C16H16N4O. The van der Waals surface area contributed by atoms with E-state index in [2.05, 4.69) is 22.6 Å². The molecule has 0 aliphatic heterocycles. The highest BCUT2D eigenvalue weighted by atomic mass is 16.5. The lowest BCUT2D eigenvalue weighted by Gasteiger charge is -2.03. The summed E-state index contributed by atoms with van der Waals surface area (Å²) in [5.41, 5.74) is 2.27. The average Bonchev–Trinajstić information content (AvgIpc) is 2.94. The monoisotopic (exact) mass is 280 g/mol. The zero-order valence-corrected chi connectivity index (χ0v) is 12.1. The van der Waals surface area contributed by atoms with Crippen LogP contribution < -0.4 is 4.74 Å². The van der Waals surface area contributed by atoms with E-state index in [0.29, 0.717) is 18.1 Å². The quantitative estimate of drug-likeness (QED) is 0.790. The number of imidazole rings is 1. The summed E-state index contributed by atoms with van der Waals surface area (Å²) >= 11 is 0. The Morgan fingerprint density at radius 2 is 2.24 bits per heavy atom. The molecule has 0 aromatic carbocycles. The van der Waals surface area contributed by atoms with Crippen molar-refractivity contribution in [1.29, 1.82) is 5.26 Å². The number of allylic oxidation sites excluding steroid dienone is 2. The van der Waals surface area contributed by atoms with Crippen LogP contribution in [0.5, 0.6) is 5.88 Å². The molecule has 5 heteroatoms. The van der Waals surface area contributed by atoms with E-state index < -0.39 is 0 Å². The Kier molecular flexibility index (Phi) is 4.52. The molecule has 0 unspecified atom stereocenters. The van der Waals surface area contributed by atoms with E-state index in [-0.39, 0.29) is 0 Å². The maximum Gasteiger partial charge on any atom is 0.212 e. The van der Waals surface area contributed by atoms with Crippen molar-refractivity contribution in [1.82, 2.24) is 14.5 Å². The van der Waals surface area contributed by atoms with Crippen LogP contribution >= 0.6 is 0 Å². The molecule has 0 fully saturated rings. The van der Waals surface area contributed by atoms with E-state index in [1.165, 1.54) is 0 Å². The Hall–Kier alpha value is -2.87. The molecule has 0 amide bonds. The van der Waals surface area contributed by atoms with Gasteiger partial charge in [0, 0.05) is 18.8 Å². The molecule has 0 aliphatic rings. The molecule has 2 rings (SSSR count). The minimum atomic E-state index is 0.550. The van der Waals surface area contributed by atoms with Gasteiger partial charge in [-0.2, -0.15) is 5.26 Å². The minimum absolute atomic E-state index is 0.550. The first-order valence-corrected chi connectivity index (χ1v) is 6.52. The molecule has 2 heterocycles. The molecule has 5 nitrogen and oxygen atoms in total. The van der Waals surface area contributed by atoms with Crippen molar-refractivity contribution in [2.45, 2.75) is 13.5 Å². The van der Waals surface area contributed by atoms with Crippen molar-refractivity contribution < 1.29 is 4.74 Å². The average molecular weight is 280 g/mol. The molecule has 0 bridgehead atoms. The molecule has 0 atom stereocenters. The molecule has 0 saturated heterocycles. The third-order valence-corrected chi connectivity index (χ3v) is 3.07. The SMILES string of the molecule is C=C(/C=C\c1ncc(C#N)n1CC)c1ccc(OC)nc1. The molecule has 0 spiro atoms. The van der Waals surface area contributed by atoms with E-state index in [1.807, 2.05) is 29.7 Å². The van der Waals surface area contributed by atoms with Crippen molar-refractivity contribution in [2.24, 2.45) is 0 Å². The summed E-state index contributed by atoms with van der Waals surface area (Å²) < 4.78 is 6.86. The molecule has 0 aliphatic carbocycles. The maximum absolute atomic E-state index is 9.00. The number of hydrogen-bond acceptors (Lipinski definition) is 4. The molecule has 0 saturated carbocycles. The summed E-state index contributed by atoms with van der Waals surface area (Å²) in [6.45, 7) is 6.68. The second-order valence-electron chi connectivity index (χ2n) is 4.31. The fourth-order valence-corrected chi connectivity index (χ4v) is 1.91. The molecule has 0 radical (unpaired) electrons. The highest BCUT2D eigenvalue weighted by molar-refractivity contribution is 5.76. The number of rotatable bonds is 5. The third-order valence-electron chi connectivity index (χ3n) is 3.07. The molecule has 2 aromatic heterocycles. The van der Waals surface area contributed by atoms with Gasteiger partial charge in [0.15, 0.2) is 0 Å². The lowest BCUT2D eigenvalue weighted by molar-refractivity contribution is 0.398. The fraction of sp³-hybridized carbons (Fsp3) is 0.188.